The molecule has 0 aliphatic carbocycles. The first-order valence-corrected chi connectivity index (χ1v) is 5.98. The van der Waals surface area contributed by atoms with Crippen molar-refractivity contribution in [1.82, 2.24) is 4.90 Å². The van der Waals surface area contributed by atoms with Crippen LogP contribution in [0.5, 0.6) is 0 Å². The van der Waals surface area contributed by atoms with E-state index in [0.717, 1.165) is 25.0 Å². The number of rotatable bonds is 5. The van der Waals surface area contributed by atoms with Crippen LogP contribution in [0, 0.1) is 0 Å². The fraction of sp³-hybridized carbons (Fsp3) is 0.538. The van der Waals surface area contributed by atoms with Gasteiger partial charge in [-0.25, -0.2) is 0 Å². The molecule has 0 aromatic rings. The number of allylic oxidation sites excluding steroid dienone is 1. The zero-order valence-electron chi connectivity index (χ0n) is 10.8. The number of nitrogens with zero attached hydrogens (tertiary/aromatic N) is 1. The third-order valence-electron chi connectivity index (χ3n) is 3.17. The average Bonchev–Trinajstić information content (AvgIpc) is 2.77. The van der Waals surface area contributed by atoms with E-state index in [4.69, 9.17) is 16.2 Å². The molecular weight excluding hydrogens is 214 g/mol. The average molecular weight is 237 g/mol. The molecular formula is C13H23N3O. The van der Waals surface area contributed by atoms with Crippen molar-refractivity contribution >= 4 is 0 Å². The maximum Gasteiger partial charge on any atom is 0.134 e. The van der Waals surface area contributed by atoms with Gasteiger partial charge in [0, 0.05) is 11.4 Å². The van der Waals surface area contributed by atoms with E-state index in [0.29, 0.717) is 17.5 Å². The first-order chi connectivity index (χ1) is 8.01. The standard InChI is InChI=1S/C13H23N3O/c1-5-11-7-8-12(17-11)16(6-2)10(4)13(15)9(3)14/h6,11-12H,2-3,5,7-8,14-15H2,1,4H3/b13-10-/t11-,12?/m1/s1. The van der Waals surface area contributed by atoms with Crippen molar-refractivity contribution in [3.8, 4) is 0 Å². The Morgan fingerprint density at radius 2 is 2.12 bits per heavy atom. The number of ether oxygens (including phenoxy) is 1. The van der Waals surface area contributed by atoms with Crippen LogP contribution >= 0.6 is 0 Å². The van der Waals surface area contributed by atoms with E-state index in [-0.39, 0.29) is 6.23 Å². The van der Waals surface area contributed by atoms with Gasteiger partial charge in [-0.3, -0.25) is 0 Å². The van der Waals surface area contributed by atoms with E-state index >= 15 is 0 Å². The van der Waals surface area contributed by atoms with Crippen molar-refractivity contribution in [1.29, 1.82) is 0 Å². The van der Waals surface area contributed by atoms with E-state index in [9.17, 15) is 0 Å². The van der Waals surface area contributed by atoms with Gasteiger partial charge in [0.15, 0.2) is 0 Å². The molecule has 1 saturated heterocycles. The zero-order chi connectivity index (χ0) is 13.0. The lowest BCUT2D eigenvalue weighted by atomic mass is 10.2. The van der Waals surface area contributed by atoms with Crippen molar-refractivity contribution in [3.63, 3.8) is 0 Å². The maximum atomic E-state index is 5.91. The van der Waals surface area contributed by atoms with Crippen molar-refractivity contribution in [2.24, 2.45) is 11.5 Å². The minimum absolute atomic E-state index is 0.00958. The molecule has 1 rings (SSSR count). The van der Waals surface area contributed by atoms with Gasteiger partial charge in [-0.15, -0.1) is 0 Å². The number of hydrogen-bond donors (Lipinski definition) is 2. The lowest BCUT2D eigenvalue weighted by molar-refractivity contribution is -0.0209. The fourth-order valence-electron chi connectivity index (χ4n) is 2.03. The highest BCUT2D eigenvalue weighted by Gasteiger charge is 2.28. The summed E-state index contributed by atoms with van der Waals surface area (Å²) in [7, 11) is 0. The Balaban J connectivity index is 2.83. The second kappa shape index (κ2) is 5.77. The predicted octanol–water partition coefficient (Wildman–Crippen LogP) is 2.01. The van der Waals surface area contributed by atoms with E-state index in [1.807, 2.05) is 11.8 Å². The normalized spacial score (nSPS) is 25.3. The molecule has 17 heavy (non-hydrogen) atoms. The van der Waals surface area contributed by atoms with Gasteiger partial charge in [-0.2, -0.15) is 0 Å². The Morgan fingerprint density at radius 3 is 2.53 bits per heavy atom. The second-order valence-electron chi connectivity index (χ2n) is 4.31. The van der Waals surface area contributed by atoms with Gasteiger partial charge in [0.2, 0.25) is 0 Å². The summed E-state index contributed by atoms with van der Waals surface area (Å²) < 4.78 is 5.91. The Morgan fingerprint density at radius 1 is 1.47 bits per heavy atom. The minimum atomic E-state index is 0.00958. The third-order valence-corrected chi connectivity index (χ3v) is 3.17. The molecule has 0 bridgehead atoms. The number of hydrogen-bond acceptors (Lipinski definition) is 4. The van der Waals surface area contributed by atoms with Gasteiger partial charge in [-0.05, 0) is 32.4 Å². The minimum Gasteiger partial charge on any atom is -0.397 e. The van der Waals surface area contributed by atoms with Crippen molar-refractivity contribution in [2.45, 2.75) is 45.4 Å². The topological polar surface area (TPSA) is 64.5 Å². The Bertz CT molecular complexity index is 336. The molecule has 4 N–H and O–H groups in total. The van der Waals surface area contributed by atoms with Crippen molar-refractivity contribution < 1.29 is 4.74 Å². The predicted molar refractivity (Wildman–Crippen MR) is 70.4 cm³/mol. The first-order valence-electron chi connectivity index (χ1n) is 5.98. The van der Waals surface area contributed by atoms with Crippen LogP contribution in [0.2, 0.25) is 0 Å². The van der Waals surface area contributed by atoms with Crippen molar-refractivity contribution in [3.05, 3.63) is 36.4 Å². The molecule has 4 nitrogen and oxygen atoms in total. The third kappa shape index (κ3) is 3.03. The van der Waals surface area contributed by atoms with Gasteiger partial charge in [0.05, 0.1) is 11.8 Å². The van der Waals surface area contributed by atoms with Crippen LogP contribution in [-0.2, 0) is 4.74 Å². The van der Waals surface area contributed by atoms with Gasteiger partial charge in [-0.1, -0.05) is 20.1 Å². The van der Waals surface area contributed by atoms with Gasteiger partial charge < -0.3 is 21.1 Å². The molecule has 0 radical (unpaired) electrons. The molecule has 0 aromatic carbocycles. The van der Waals surface area contributed by atoms with Crippen LogP contribution in [0.3, 0.4) is 0 Å². The largest absolute Gasteiger partial charge is 0.397 e. The molecule has 1 heterocycles. The number of nitrogens with two attached hydrogens (primary N) is 2. The monoisotopic (exact) mass is 237 g/mol. The highest BCUT2D eigenvalue weighted by atomic mass is 16.5. The lowest BCUT2D eigenvalue weighted by Crippen LogP contribution is -2.31. The van der Waals surface area contributed by atoms with Gasteiger partial charge in [0.25, 0.3) is 0 Å². The molecule has 1 aliphatic heterocycles. The molecule has 2 atom stereocenters. The summed E-state index contributed by atoms with van der Waals surface area (Å²) >= 11 is 0. The summed E-state index contributed by atoms with van der Waals surface area (Å²) in [5.74, 6) is 0. The smallest absolute Gasteiger partial charge is 0.134 e. The van der Waals surface area contributed by atoms with Crippen LogP contribution in [0.15, 0.2) is 36.4 Å². The summed E-state index contributed by atoms with van der Waals surface area (Å²) in [6, 6.07) is 0. The summed E-state index contributed by atoms with van der Waals surface area (Å²) in [5.41, 5.74) is 13.2. The molecule has 96 valence electrons. The highest BCUT2D eigenvalue weighted by molar-refractivity contribution is 5.27. The summed E-state index contributed by atoms with van der Waals surface area (Å²) in [6.07, 6.45) is 5.15. The Kier molecular flexibility index (Phi) is 4.63. The Labute approximate surface area is 104 Å². The van der Waals surface area contributed by atoms with E-state index < -0.39 is 0 Å². The SMILES string of the molecule is C=CN(/C(C)=C(\N)C(=C)N)C1CC[C@@H](CC)O1. The first kappa shape index (κ1) is 13.6. The fourth-order valence-corrected chi connectivity index (χ4v) is 2.03. The molecule has 0 amide bonds. The van der Waals surface area contributed by atoms with E-state index in [2.05, 4.69) is 20.1 Å². The molecule has 0 spiro atoms. The molecule has 4 heteroatoms. The maximum absolute atomic E-state index is 5.91. The van der Waals surface area contributed by atoms with Crippen LogP contribution in [-0.4, -0.2) is 17.2 Å². The molecule has 1 unspecified atom stereocenters. The van der Waals surface area contributed by atoms with E-state index in [1.54, 1.807) is 6.20 Å². The van der Waals surface area contributed by atoms with E-state index in [1.165, 1.54) is 0 Å². The second-order valence-corrected chi connectivity index (χ2v) is 4.31. The van der Waals surface area contributed by atoms with Crippen LogP contribution < -0.4 is 11.5 Å². The van der Waals surface area contributed by atoms with Crippen LogP contribution in [0.25, 0.3) is 0 Å². The quantitative estimate of drug-likeness (QED) is 0.718. The molecule has 0 aromatic heterocycles. The van der Waals surface area contributed by atoms with Crippen LogP contribution in [0.4, 0.5) is 0 Å². The highest BCUT2D eigenvalue weighted by Crippen LogP contribution is 2.27. The summed E-state index contributed by atoms with van der Waals surface area (Å²) in [6.45, 7) is 11.5. The summed E-state index contributed by atoms with van der Waals surface area (Å²) in [5, 5.41) is 0. The zero-order valence-corrected chi connectivity index (χ0v) is 10.8. The van der Waals surface area contributed by atoms with Crippen LogP contribution in [0.1, 0.15) is 33.1 Å². The Hall–Kier alpha value is -1.42. The van der Waals surface area contributed by atoms with Crippen molar-refractivity contribution in [2.75, 3.05) is 0 Å². The molecule has 1 fully saturated rings. The van der Waals surface area contributed by atoms with Gasteiger partial charge >= 0.3 is 0 Å². The molecule has 1 aliphatic rings. The van der Waals surface area contributed by atoms with Gasteiger partial charge in [0.1, 0.15) is 6.23 Å². The lowest BCUT2D eigenvalue weighted by Gasteiger charge is -2.29. The summed E-state index contributed by atoms with van der Waals surface area (Å²) in [4.78, 5) is 1.93. The molecule has 0 saturated carbocycles.